The Morgan fingerprint density at radius 2 is 1.90 bits per heavy atom. The molecule has 0 amide bonds. The second-order valence-electron chi connectivity index (χ2n) is 4.74. The van der Waals surface area contributed by atoms with Crippen molar-refractivity contribution in [2.24, 2.45) is 0 Å². The summed E-state index contributed by atoms with van der Waals surface area (Å²) in [5, 5.41) is 4.11. The normalized spacial score (nSPS) is 10.7. The molecule has 0 aliphatic carbocycles. The molecule has 21 heavy (non-hydrogen) atoms. The van der Waals surface area contributed by atoms with E-state index in [1.165, 1.54) is 0 Å². The zero-order chi connectivity index (χ0) is 15.2. The van der Waals surface area contributed by atoms with E-state index in [4.69, 9.17) is 16.3 Å². The zero-order valence-corrected chi connectivity index (χ0v) is 14.6. The van der Waals surface area contributed by atoms with E-state index in [9.17, 15) is 0 Å². The van der Waals surface area contributed by atoms with Crippen molar-refractivity contribution >= 4 is 27.5 Å². The minimum atomic E-state index is 0.784. The van der Waals surface area contributed by atoms with Crippen molar-refractivity contribution in [3.8, 4) is 11.5 Å². The SMILES string of the molecule is CCNCc1ccc(Br)cc1Oc1ccc(Cl)c(CC)c1. The number of hydrogen-bond acceptors (Lipinski definition) is 2. The largest absolute Gasteiger partial charge is 0.457 e. The number of aryl methyl sites for hydroxylation is 1. The molecule has 0 spiro atoms. The Morgan fingerprint density at radius 1 is 1.10 bits per heavy atom. The van der Waals surface area contributed by atoms with Gasteiger partial charge < -0.3 is 10.1 Å². The summed E-state index contributed by atoms with van der Waals surface area (Å²) >= 11 is 9.65. The zero-order valence-electron chi connectivity index (χ0n) is 12.2. The summed E-state index contributed by atoms with van der Waals surface area (Å²) in [4.78, 5) is 0. The third kappa shape index (κ3) is 4.47. The van der Waals surface area contributed by atoms with Crippen LogP contribution < -0.4 is 10.1 Å². The average molecular weight is 369 g/mol. The molecule has 2 rings (SSSR count). The topological polar surface area (TPSA) is 21.3 Å². The molecule has 0 fully saturated rings. The highest BCUT2D eigenvalue weighted by Gasteiger charge is 2.07. The number of nitrogens with one attached hydrogen (secondary N) is 1. The van der Waals surface area contributed by atoms with Crippen LogP contribution in [0.4, 0.5) is 0 Å². The van der Waals surface area contributed by atoms with E-state index in [1.807, 2.05) is 30.3 Å². The Hall–Kier alpha value is -1.03. The quantitative estimate of drug-likeness (QED) is 0.720. The van der Waals surface area contributed by atoms with Crippen LogP contribution in [0.25, 0.3) is 0 Å². The van der Waals surface area contributed by atoms with Gasteiger partial charge in [-0.15, -0.1) is 0 Å². The third-order valence-corrected chi connectivity index (χ3v) is 4.08. The van der Waals surface area contributed by atoms with Crippen molar-refractivity contribution in [2.75, 3.05) is 6.54 Å². The molecule has 0 radical (unpaired) electrons. The van der Waals surface area contributed by atoms with Gasteiger partial charge in [0, 0.05) is 21.6 Å². The lowest BCUT2D eigenvalue weighted by Gasteiger charge is -2.13. The van der Waals surface area contributed by atoms with Crippen LogP contribution in [0.1, 0.15) is 25.0 Å². The van der Waals surface area contributed by atoms with Crippen LogP contribution in [-0.2, 0) is 13.0 Å². The van der Waals surface area contributed by atoms with Gasteiger partial charge in [-0.1, -0.05) is 47.4 Å². The van der Waals surface area contributed by atoms with E-state index in [0.29, 0.717) is 0 Å². The molecule has 2 nitrogen and oxygen atoms in total. The van der Waals surface area contributed by atoms with Gasteiger partial charge >= 0.3 is 0 Å². The van der Waals surface area contributed by atoms with E-state index in [2.05, 4.69) is 41.2 Å². The first-order valence-corrected chi connectivity index (χ1v) is 8.26. The highest BCUT2D eigenvalue weighted by atomic mass is 79.9. The van der Waals surface area contributed by atoms with Gasteiger partial charge in [0.2, 0.25) is 0 Å². The number of hydrogen-bond donors (Lipinski definition) is 1. The molecule has 0 aromatic heterocycles. The molecule has 0 heterocycles. The van der Waals surface area contributed by atoms with Crippen molar-refractivity contribution in [3.05, 3.63) is 57.0 Å². The first-order valence-electron chi connectivity index (χ1n) is 7.09. The first kappa shape index (κ1) is 16.3. The van der Waals surface area contributed by atoms with Crippen LogP contribution in [0, 0.1) is 0 Å². The lowest BCUT2D eigenvalue weighted by molar-refractivity contribution is 0.472. The molecule has 1 N–H and O–H groups in total. The predicted octanol–water partition coefficient (Wildman–Crippen LogP) is 5.57. The molecule has 0 aliphatic heterocycles. The van der Waals surface area contributed by atoms with E-state index < -0.39 is 0 Å². The second kappa shape index (κ2) is 7.83. The second-order valence-corrected chi connectivity index (χ2v) is 6.06. The fraction of sp³-hybridized carbons (Fsp3) is 0.294. The summed E-state index contributed by atoms with van der Waals surface area (Å²) in [5.41, 5.74) is 2.23. The number of ether oxygens (including phenoxy) is 1. The van der Waals surface area contributed by atoms with Gasteiger partial charge in [0.1, 0.15) is 11.5 Å². The van der Waals surface area contributed by atoms with Gasteiger partial charge in [-0.2, -0.15) is 0 Å². The molecule has 0 saturated carbocycles. The van der Waals surface area contributed by atoms with Crippen molar-refractivity contribution in [1.82, 2.24) is 5.32 Å². The Bertz CT molecular complexity index is 616. The third-order valence-electron chi connectivity index (χ3n) is 3.22. The summed E-state index contributed by atoms with van der Waals surface area (Å²) in [5.74, 6) is 1.67. The molecule has 0 atom stereocenters. The number of benzene rings is 2. The van der Waals surface area contributed by atoms with Crippen LogP contribution in [0.2, 0.25) is 5.02 Å². The fourth-order valence-electron chi connectivity index (χ4n) is 2.04. The Balaban J connectivity index is 2.27. The summed E-state index contributed by atoms with van der Waals surface area (Å²) in [6.45, 7) is 5.89. The Labute approximate surface area is 139 Å². The van der Waals surface area contributed by atoms with Crippen LogP contribution in [0.15, 0.2) is 40.9 Å². The minimum absolute atomic E-state index is 0.784. The van der Waals surface area contributed by atoms with Gasteiger partial charge in [-0.3, -0.25) is 0 Å². The molecule has 2 aromatic carbocycles. The summed E-state index contributed by atoms with van der Waals surface area (Å²) in [6.07, 6.45) is 0.888. The maximum Gasteiger partial charge on any atom is 0.133 e. The molecule has 2 aromatic rings. The fourth-order valence-corrected chi connectivity index (χ4v) is 2.63. The maximum atomic E-state index is 6.15. The van der Waals surface area contributed by atoms with Crippen LogP contribution in [0.5, 0.6) is 11.5 Å². The standard InChI is InChI=1S/C17H19BrClNO/c1-3-12-9-15(7-8-16(12)19)21-17-10-14(18)6-5-13(17)11-20-4-2/h5-10,20H,3-4,11H2,1-2H3. The Morgan fingerprint density at radius 3 is 2.62 bits per heavy atom. The smallest absolute Gasteiger partial charge is 0.133 e. The molecule has 0 unspecified atom stereocenters. The van der Waals surface area contributed by atoms with Gasteiger partial charge in [0.05, 0.1) is 0 Å². The van der Waals surface area contributed by atoms with Crippen molar-refractivity contribution in [1.29, 1.82) is 0 Å². The first-order chi connectivity index (χ1) is 10.1. The van der Waals surface area contributed by atoms with E-state index in [0.717, 1.165) is 51.6 Å². The predicted molar refractivity (Wildman–Crippen MR) is 92.4 cm³/mol. The highest BCUT2D eigenvalue weighted by molar-refractivity contribution is 9.10. The summed E-state index contributed by atoms with van der Waals surface area (Å²) in [6, 6.07) is 11.9. The van der Waals surface area contributed by atoms with Gasteiger partial charge in [0.25, 0.3) is 0 Å². The lowest BCUT2D eigenvalue weighted by atomic mass is 10.1. The Kier molecular flexibility index (Phi) is 6.09. The van der Waals surface area contributed by atoms with Crippen LogP contribution >= 0.6 is 27.5 Å². The van der Waals surface area contributed by atoms with Gasteiger partial charge in [-0.05, 0) is 48.9 Å². The van der Waals surface area contributed by atoms with Crippen molar-refractivity contribution < 1.29 is 4.74 Å². The van der Waals surface area contributed by atoms with E-state index in [1.54, 1.807) is 0 Å². The maximum absolute atomic E-state index is 6.15. The van der Waals surface area contributed by atoms with E-state index in [-0.39, 0.29) is 0 Å². The molecule has 0 saturated heterocycles. The van der Waals surface area contributed by atoms with Gasteiger partial charge in [0.15, 0.2) is 0 Å². The number of rotatable bonds is 6. The summed E-state index contributed by atoms with van der Waals surface area (Å²) in [7, 11) is 0. The van der Waals surface area contributed by atoms with Crippen LogP contribution in [-0.4, -0.2) is 6.54 Å². The molecule has 112 valence electrons. The summed E-state index contributed by atoms with van der Waals surface area (Å²) < 4.78 is 7.06. The monoisotopic (exact) mass is 367 g/mol. The van der Waals surface area contributed by atoms with Crippen LogP contribution in [0.3, 0.4) is 0 Å². The van der Waals surface area contributed by atoms with Gasteiger partial charge in [-0.25, -0.2) is 0 Å². The van der Waals surface area contributed by atoms with Crippen molar-refractivity contribution in [2.45, 2.75) is 26.8 Å². The van der Waals surface area contributed by atoms with E-state index >= 15 is 0 Å². The molecular weight excluding hydrogens is 350 g/mol. The molecule has 0 aliphatic rings. The van der Waals surface area contributed by atoms with Crippen molar-refractivity contribution in [3.63, 3.8) is 0 Å². The molecule has 4 heteroatoms. The highest BCUT2D eigenvalue weighted by Crippen LogP contribution is 2.31. The number of halogens is 2. The minimum Gasteiger partial charge on any atom is -0.457 e. The lowest BCUT2D eigenvalue weighted by Crippen LogP contribution is -2.12. The average Bonchev–Trinajstić information content (AvgIpc) is 2.48. The molecular formula is C17H19BrClNO. The molecule has 0 bridgehead atoms.